The van der Waals surface area contributed by atoms with E-state index in [1.54, 1.807) is 16.4 Å². The number of hydrogen-bond donors (Lipinski definition) is 1. The largest absolute Gasteiger partial charge is 0.326 e. The summed E-state index contributed by atoms with van der Waals surface area (Å²) in [6.45, 7) is 9.31. The predicted octanol–water partition coefficient (Wildman–Crippen LogP) is 1.17. The minimum absolute atomic E-state index is 0.248. The van der Waals surface area contributed by atoms with Crippen molar-refractivity contribution >= 4 is 10.0 Å². The first kappa shape index (κ1) is 16.4. The first-order valence-electron chi connectivity index (χ1n) is 7.44. The maximum Gasteiger partial charge on any atom is 0.243 e. The second kappa shape index (κ2) is 6.44. The smallest absolute Gasteiger partial charge is 0.243 e. The highest BCUT2D eigenvalue weighted by atomic mass is 32.2. The third kappa shape index (κ3) is 3.29. The zero-order chi connectivity index (χ0) is 15.6. The van der Waals surface area contributed by atoms with Crippen LogP contribution in [-0.2, 0) is 16.6 Å². The molecular formula is C15H25N3O2S. The third-order valence-corrected chi connectivity index (χ3v) is 6.17. The highest BCUT2D eigenvalue weighted by Crippen LogP contribution is 2.22. The Morgan fingerprint density at radius 2 is 2.05 bits per heavy atom. The second-order valence-electron chi connectivity index (χ2n) is 5.63. The Morgan fingerprint density at radius 1 is 1.33 bits per heavy atom. The van der Waals surface area contributed by atoms with Crippen LogP contribution in [0.3, 0.4) is 0 Å². The summed E-state index contributed by atoms with van der Waals surface area (Å²) in [5.41, 5.74) is 7.60. The lowest BCUT2D eigenvalue weighted by Gasteiger charge is -2.38. The average molecular weight is 311 g/mol. The SMILES string of the molecule is CCN1CCN(S(=O)(=O)c2ccc(C)c(CN)c2)CC1C. The fraction of sp³-hybridized carbons (Fsp3) is 0.600. The van der Waals surface area contributed by atoms with E-state index in [4.69, 9.17) is 5.73 Å². The monoisotopic (exact) mass is 311 g/mol. The highest BCUT2D eigenvalue weighted by molar-refractivity contribution is 7.89. The zero-order valence-electron chi connectivity index (χ0n) is 13.0. The fourth-order valence-electron chi connectivity index (χ4n) is 2.83. The van der Waals surface area contributed by atoms with Gasteiger partial charge in [-0.3, -0.25) is 4.90 Å². The number of sulfonamides is 1. The molecule has 1 unspecified atom stereocenters. The molecule has 0 amide bonds. The number of likely N-dealkylation sites (N-methyl/N-ethyl adjacent to an activating group) is 1. The van der Waals surface area contributed by atoms with Gasteiger partial charge in [0.2, 0.25) is 10.0 Å². The molecule has 0 radical (unpaired) electrons. The van der Waals surface area contributed by atoms with Crippen molar-refractivity contribution in [1.29, 1.82) is 0 Å². The molecule has 5 nitrogen and oxygen atoms in total. The molecular weight excluding hydrogens is 286 g/mol. The van der Waals surface area contributed by atoms with E-state index in [1.807, 2.05) is 13.0 Å². The van der Waals surface area contributed by atoms with Crippen molar-refractivity contribution in [3.8, 4) is 0 Å². The van der Waals surface area contributed by atoms with Gasteiger partial charge in [-0.2, -0.15) is 4.31 Å². The van der Waals surface area contributed by atoms with E-state index in [1.165, 1.54) is 0 Å². The molecule has 1 saturated heterocycles. The fourth-order valence-corrected chi connectivity index (χ4v) is 4.39. The van der Waals surface area contributed by atoms with Crippen LogP contribution in [0.25, 0.3) is 0 Å². The van der Waals surface area contributed by atoms with Crippen molar-refractivity contribution in [2.24, 2.45) is 5.73 Å². The molecule has 0 aliphatic carbocycles. The predicted molar refractivity (Wildman–Crippen MR) is 84.5 cm³/mol. The van der Waals surface area contributed by atoms with E-state index in [0.29, 0.717) is 24.5 Å². The Labute approximate surface area is 127 Å². The van der Waals surface area contributed by atoms with Crippen molar-refractivity contribution in [2.75, 3.05) is 26.2 Å². The van der Waals surface area contributed by atoms with Gasteiger partial charge in [0.05, 0.1) is 4.90 Å². The molecule has 1 atom stereocenters. The van der Waals surface area contributed by atoms with E-state index < -0.39 is 10.0 Å². The van der Waals surface area contributed by atoms with E-state index in [-0.39, 0.29) is 6.04 Å². The molecule has 2 rings (SSSR count). The first-order valence-corrected chi connectivity index (χ1v) is 8.88. The molecule has 6 heteroatoms. The number of nitrogens with two attached hydrogens (primary N) is 1. The second-order valence-corrected chi connectivity index (χ2v) is 7.57. The third-order valence-electron chi connectivity index (χ3n) is 4.31. The van der Waals surface area contributed by atoms with E-state index in [0.717, 1.165) is 24.2 Å². The van der Waals surface area contributed by atoms with Crippen LogP contribution in [0.2, 0.25) is 0 Å². The van der Waals surface area contributed by atoms with Gasteiger partial charge in [-0.1, -0.05) is 13.0 Å². The van der Waals surface area contributed by atoms with Crippen LogP contribution in [0.5, 0.6) is 0 Å². The first-order chi connectivity index (χ1) is 9.90. The van der Waals surface area contributed by atoms with Gasteiger partial charge in [0.15, 0.2) is 0 Å². The molecule has 1 heterocycles. The molecule has 1 aliphatic heterocycles. The Balaban J connectivity index is 2.26. The normalized spacial score (nSPS) is 21.6. The molecule has 0 spiro atoms. The Hall–Kier alpha value is -0.950. The zero-order valence-corrected chi connectivity index (χ0v) is 13.9. The maximum atomic E-state index is 12.8. The molecule has 21 heavy (non-hydrogen) atoms. The molecule has 1 aliphatic rings. The summed E-state index contributed by atoms with van der Waals surface area (Å²) in [5.74, 6) is 0. The van der Waals surface area contributed by atoms with Crippen LogP contribution in [0.1, 0.15) is 25.0 Å². The molecule has 0 bridgehead atoms. The summed E-state index contributed by atoms with van der Waals surface area (Å²) < 4.78 is 27.1. The summed E-state index contributed by atoms with van der Waals surface area (Å²) in [7, 11) is -3.42. The molecule has 1 aromatic rings. The Bertz CT molecular complexity index is 601. The molecule has 1 fully saturated rings. The van der Waals surface area contributed by atoms with E-state index in [9.17, 15) is 8.42 Å². The minimum atomic E-state index is -3.42. The van der Waals surface area contributed by atoms with Gasteiger partial charge in [0.1, 0.15) is 0 Å². The quantitative estimate of drug-likeness (QED) is 0.906. The van der Waals surface area contributed by atoms with Gasteiger partial charge in [-0.15, -0.1) is 0 Å². The maximum absolute atomic E-state index is 12.8. The van der Waals surface area contributed by atoms with E-state index >= 15 is 0 Å². The van der Waals surface area contributed by atoms with Crippen LogP contribution in [0.4, 0.5) is 0 Å². The number of piperazine rings is 1. The Morgan fingerprint density at radius 3 is 2.62 bits per heavy atom. The van der Waals surface area contributed by atoms with Gasteiger partial charge in [0.25, 0.3) is 0 Å². The van der Waals surface area contributed by atoms with E-state index in [2.05, 4.69) is 18.7 Å². The average Bonchev–Trinajstić information content (AvgIpc) is 2.47. The highest BCUT2D eigenvalue weighted by Gasteiger charge is 2.31. The van der Waals surface area contributed by atoms with Crippen LogP contribution in [0, 0.1) is 6.92 Å². The lowest BCUT2D eigenvalue weighted by molar-refractivity contribution is 0.135. The van der Waals surface area contributed by atoms with Gasteiger partial charge in [0, 0.05) is 32.2 Å². The topological polar surface area (TPSA) is 66.6 Å². The molecule has 2 N–H and O–H groups in total. The molecule has 1 aromatic carbocycles. The number of hydrogen-bond acceptors (Lipinski definition) is 4. The summed E-state index contributed by atoms with van der Waals surface area (Å²) in [6, 6.07) is 5.47. The summed E-state index contributed by atoms with van der Waals surface area (Å²) in [4.78, 5) is 2.65. The Kier molecular flexibility index (Phi) is 5.03. The number of benzene rings is 1. The molecule has 0 saturated carbocycles. The van der Waals surface area contributed by atoms with Gasteiger partial charge in [-0.05, 0) is 43.7 Å². The standard InChI is InChI=1S/C15H25N3O2S/c1-4-17-7-8-18(11-13(17)3)21(19,20)15-6-5-12(2)14(9-15)10-16/h5-6,9,13H,4,7-8,10-11,16H2,1-3H3. The lowest BCUT2D eigenvalue weighted by Crippen LogP contribution is -2.53. The van der Waals surface area contributed by atoms with Crippen molar-refractivity contribution in [3.63, 3.8) is 0 Å². The van der Waals surface area contributed by atoms with Crippen LogP contribution < -0.4 is 5.73 Å². The van der Waals surface area contributed by atoms with Crippen LogP contribution >= 0.6 is 0 Å². The van der Waals surface area contributed by atoms with Crippen molar-refractivity contribution in [1.82, 2.24) is 9.21 Å². The van der Waals surface area contributed by atoms with Crippen LogP contribution in [0.15, 0.2) is 23.1 Å². The summed E-state index contributed by atoms with van der Waals surface area (Å²) in [6.07, 6.45) is 0. The molecule has 118 valence electrons. The number of aryl methyl sites for hydroxylation is 1. The van der Waals surface area contributed by atoms with Crippen molar-refractivity contribution < 1.29 is 8.42 Å². The minimum Gasteiger partial charge on any atom is -0.326 e. The van der Waals surface area contributed by atoms with Crippen molar-refractivity contribution in [3.05, 3.63) is 29.3 Å². The van der Waals surface area contributed by atoms with Gasteiger partial charge in [-0.25, -0.2) is 8.42 Å². The summed E-state index contributed by atoms with van der Waals surface area (Å²) >= 11 is 0. The number of rotatable bonds is 4. The van der Waals surface area contributed by atoms with Crippen LogP contribution in [-0.4, -0.2) is 49.8 Å². The number of nitrogens with zero attached hydrogens (tertiary/aromatic N) is 2. The lowest BCUT2D eigenvalue weighted by atomic mass is 10.1. The van der Waals surface area contributed by atoms with Gasteiger partial charge < -0.3 is 5.73 Å². The van der Waals surface area contributed by atoms with Gasteiger partial charge >= 0.3 is 0 Å². The molecule has 0 aromatic heterocycles. The van der Waals surface area contributed by atoms with Crippen molar-refractivity contribution in [2.45, 2.75) is 38.3 Å². The summed E-state index contributed by atoms with van der Waals surface area (Å²) in [5, 5.41) is 0.